The minimum absolute atomic E-state index is 0.281. The van der Waals surface area contributed by atoms with Gasteiger partial charge in [0.1, 0.15) is 18.9 Å². The lowest BCUT2D eigenvalue weighted by Gasteiger charge is -2.23. The summed E-state index contributed by atoms with van der Waals surface area (Å²) in [5.74, 6) is 0.289. The molecule has 1 aliphatic rings. The number of hydrogen-bond acceptors (Lipinski definition) is 3. The largest absolute Gasteiger partial charge is 0.370 e. The van der Waals surface area contributed by atoms with E-state index in [0.717, 1.165) is 45.8 Å². The average molecular weight is 323 g/mol. The summed E-state index contributed by atoms with van der Waals surface area (Å²) in [5.41, 5.74) is 0.480. The van der Waals surface area contributed by atoms with E-state index in [4.69, 9.17) is 17.0 Å². The molecule has 2 aromatic rings. The Bertz CT molecular complexity index is 678. The van der Waals surface area contributed by atoms with E-state index in [2.05, 4.69) is 10.2 Å². The van der Waals surface area contributed by atoms with Crippen LogP contribution in [-0.2, 0) is 11.3 Å². The number of nitrogens with one attached hydrogen (secondary N) is 2. The maximum atomic E-state index is 14.0. The molecular weight excluding hydrogens is 303 g/mol. The number of aromatic nitrogens is 3. The zero-order valence-electron chi connectivity index (χ0n) is 12.3. The van der Waals surface area contributed by atoms with Crippen molar-refractivity contribution in [2.24, 2.45) is 0 Å². The number of aromatic amines is 1. The predicted octanol–water partition coefficient (Wildman–Crippen LogP) is 1.05. The third kappa shape index (κ3) is 3.43. The van der Waals surface area contributed by atoms with Gasteiger partial charge in [-0.3, -0.25) is 9.67 Å². The number of benzene rings is 1. The van der Waals surface area contributed by atoms with E-state index in [1.165, 1.54) is 6.07 Å². The highest BCUT2D eigenvalue weighted by molar-refractivity contribution is 7.71. The Morgan fingerprint density at radius 1 is 1.32 bits per heavy atom. The normalized spacial score (nSPS) is 16.0. The topological polar surface area (TPSA) is 47.3 Å². The molecule has 3 rings (SSSR count). The Labute approximate surface area is 133 Å². The zero-order chi connectivity index (χ0) is 15.4. The van der Waals surface area contributed by atoms with Gasteiger partial charge in [0.05, 0.1) is 25.3 Å². The molecule has 0 saturated carbocycles. The van der Waals surface area contributed by atoms with Crippen LogP contribution in [-0.4, -0.2) is 47.6 Å². The highest BCUT2D eigenvalue weighted by atomic mass is 32.1. The van der Waals surface area contributed by atoms with Crippen LogP contribution in [0, 0.1) is 10.6 Å². The average Bonchev–Trinajstić information content (AvgIpc) is 2.90. The molecule has 5 nitrogen and oxygen atoms in total. The fourth-order valence-corrected chi connectivity index (χ4v) is 2.99. The lowest BCUT2D eigenvalue weighted by atomic mass is 10.2. The molecule has 1 aromatic carbocycles. The summed E-state index contributed by atoms with van der Waals surface area (Å²) in [4.78, 5) is 1.55. The van der Waals surface area contributed by atoms with E-state index in [1.54, 1.807) is 23.1 Å². The highest BCUT2D eigenvalue weighted by Gasteiger charge is 2.15. The van der Waals surface area contributed by atoms with Gasteiger partial charge in [0, 0.05) is 13.0 Å². The molecular formula is C15H20FN4OS+. The van der Waals surface area contributed by atoms with Crippen LogP contribution in [0.1, 0.15) is 6.42 Å². The molecule has 0 spiro atoms. The quantitative estimate of drug-likeness (QED) is 0.809. The molecule has 1 aliphatic heterocycles. The Kier molecular flexibility index (Phi) is 4.97. The summed E-state index contributed by atoms with van der Waals surface area (Å²) in [6.45, 7) is 5.58. The summed E-state index contributed by atoms with van der Waals surface area (Å²) < 4.78 is 21.7. The Hall–Kier alpha value is -1.57. The zero-order valence-corrected chi connectivity index (χ0v) is 13.2. The van der Waals surface area contributed by atoms with Gasteiger partial charge in [0.25, 0.3) is 0 Å². The summed E-state index contributed by atoms with van der Waals surface area (Å²) in [6, 6.07) is 6.64. The lowest BCUT2D eigenvalue weighted by molar-refractivity contribution is -0.908. The number of ether oxygens (including phenoxy) is 1. The van der Waals surface area contributed by atoms with Crippen LogP contribution < -0.4 is 4.90 Å². The smallest absolute Gasteiger partial charge is 0.195 e. The number of hydrogen-bond donors (Lipinski definition) is 2. The first-order valence-electron chi connectivity index (χ1n) is 7.57. The van der Waals surface area contributed by atoms with Gasteiger partial charge in [-0.25, -0.2) is 4.39 Å². The molecule has 0 amide bonds. The second-order valence-corrected chi connectivity index (χ2v) is 5.84. The Morgan fingerprint density at radius 2 is 2.09 bits per heavy atom. The van der Waals surface area contributed by atoms with E-state index in [0.29, 0.717) is 16.2 Å². The Balaban J connectivity index is 1.70. The maximum Gasteiger partial charge on any atom is 0.195 e. The fourth-order valence-electron chi connectivity index (χ4n) is 2.77. The number of rotatable bonds is 5. The van der Waals surface area contributed by atoms with Gasteiger partial charge in [0.2, 0.25) is 0 Å². The van der Waals surface area contributed by atoms with Crippen LogP contribution in [0.5, 0.6) is 0 Å². The molecule has 0 radical (unpaired) electrons. The van der Waals surface area contributed by atoms with Crippen molar-refractivity contribution in [1.29, 1.82) is 0 Å². The minimum atomic E-state index is -0.281. The van der Waals surface area contributed by atoms with Gasteiger partial charge in [-0.05, 0) is 24.4 Å². The van der Waals surface area contributed by atoms with Crippen molar-refractivity contribution >= 4 is 12.2 Å². The number of H-pyrrole nitrogens is 1. The standard InChI is InChI=1S/C15H19FN4OS/c16-13-5-2-1-4-12(13)14-17-18-15(22)20(14)7-3-6-19-8-10-21-11-9-19/h1-2,4-5H,3,6-11H2,(H,18,22)/p+1. The van der Waals surface area contributed by atoms with E-state index >= 15 is 0 Å². The monoisotopic (exact) mass is 323 g/mol. The first kappa shape index (κ1) is 15.3. The molecule has 1 fully saturated rings. The highest BCUT2D eigenvalue weighted by Crippen LogP contribution is 2.20. The molecule has 0 atom stereocenters. The third-order valence-corrected chi connectivity index (χ3v) is 4.30. The molecule has 7 heteroatoms. The van der Waals surface area contributed by atoms with E-state index in [-0.39, 0.29) is 5.82 Å². The minimum Gasteiger partial charge on any atom is -0.370 e. The second kappa shape index (κ2) is 7.13. The fraction of sp³-hybridized carbons (Fsp3) is 0.467. The van der Waals surface area contributed by atoms with Crippen LogP contribution in [0.4, 0.5) is 4.39 Å². The molecule has 1 aromatic heterocycles. The molecule has 1 saturated heterocycles. The van der Waals surface area contributed by atoms with Crippen LogP contribution in [0.3, 0.4) is 0 Å². The summed E-state index contributed by atoms with van der Waals surface area (Å²) in [6.07, 6.45) is 0.977. The number of quaternary nitrogens is 1. The molecule has 2 N–H and O–H groups in total. The molecule has 2 heterocycles. The predicted molar refractivity (Wildman–Crippen MR) is 83.8 cm³/mol. The lowest BCUT2D eigenvalue weighted by Crippen LogP contribution is -3.14. The number of nitrogens with zero attached hydrogens (tertiary/aromatic N) is 2. The Morgan fingerprint density at radius 3 is 2.86 bits per heavy atom. The van der Waals surface area contributed by atoms with Gasteiger partial charge in [0.15, 0.2) is 10.6 Å². The van der Waals surface area contributed by atoms with Crippen molar-refractivity contribution in [2.45, 2.75) is 13.0 Å². The van der Waals surface area contributed by atoms with Crippen LogP contribution in [0.2, 0.25) is 0 Å². The SMILES string of the molecule is Fc1ccccc1-c1n[nH]c(=S)n1CCC[NH+]1CCOCC1. The van der Waals surface area contributed by atoms with Crippen LogP contribution in [0.15, 0.2) is 24.3 Å². The van der Waals surface area contributed by atoms with E-state index in [9.17, 15) is 4.39 Å². The van der Waals surface area contributed by atoms with Crippen LogP contribution in [0.25, 0.3) is 11.4 Å². The third-order valence-electron chi connectivity index (χ3n) is 3.98. The number of halogens is 1. The van der Waals surface area contributed by atoms with E-state index in [1.807, 2.05) is 4.57 Å². The van der Waals surface area contributed by atoms with Crippen molar-refractivity contribution in [3.8, 4) is 11.4 Å². The first-order valence-corrected chi connectivity index (χ1v) is 7.98. The van der Waals surface area contributed by atoms with Crippen LogP contribution >= 0.6 is 12.2 Å². The molecule has 0 bridgehead atoms. The maximum absolute atomic E-state index is 14.0. The van der Waals surface area contributed by atoms with Crippen molar-refractivity contribution in [1.82, 2.24) is 14.8 Å². The molecule has 0 unspecified atom stereocenters. The van der Waals surface area contributed by atoms with Gasteiger partial charge >= 0.3 is 0 Å². The van der Waals surface area contributed by atoms with Crippen molar-refractivity contribution in [3.05, 3.63) is 34.9 Å². The molecule has 118 valence electrons. The van der Waals surface area contributed by atoms with Crippen molar-refractivity contribution < 1.29 is 14.0 Å². The second-order valence-electron chi connectivity index (χ2n) is 5.45. The first-order chi connectivity index (χ1) is 10.8. The van der Waals surface area contributed by atoms with Gasteiger partial charge in [-0.1, -0.05) is 12.1 Å². The van der Waals surface area contributed by atoms with Gasteiger partial charge in [-0.2, -0.15) is 5.10 Å². The van der Waals surface area contributed by atoms with Gasteiger partial charge in [-0.15, -0.1) is 0 Å². The van der Waals surface area contributed by atoms with E-state index < -0.39 is 0 Å². The molecule has 0 aliphatic carbocycles. The summed E-state index contributed by atoms with van der Waals surface area (Å²) in [7, 11) is 0. The number of morpholine rings is 1. The van der Waals surface area contributed by atoms with Gasteiger partial charge < -0.3 is 9.64 Å². The summed E-state index contributed by atoms with van der Waals surface area (Å²) in [5, 5.41) is 6.96. The van der Waals surface area contributed by atoms with Crippen molar-refractivity contribution in [2.75, 3.05) is 32.8 Å². The summed E-state index contributed by atoms with van der Waals surface area (Å²) >= 11 is 5.28. The van der Waals surface area contributed by atoms with Crippen molar-refractivity contribution in [3.63, 3.8) is 0 Å². The molecule has 22 heavy (non-hydrogen) atoms.